The van der Waals surface area contributed by atoms with E-state index in [0.717, 1.165) is 16.8 Å². The van der Waals surface area contributed by atoms with Crippen LogP contribution in [0.3, 0.4) is 0 Å². The zero-order valence-electron chi connectivity index (χ0n) is 12.3. The van der Waals surface area contributed by atoms with Crippen LogP contribution >= 0.6 is 11.6 Å². The first-order valence-electron chi connectivity index (χ1n) is 6.76. The number of aryl methyl sites for hydroxylation is 1. The van der Waals surface area contributed by atoms with E-state index in [1.54, 1.807) is 31.2 Å². The second kappa shape index (κ2) is 6.64. The molecule has 21 heavy (non-hydrogen) atoms. The quantitative estimate of drug-likeness (QED) is 0.911. The molecular formula is C17H18ClNO2. The van der Waals surface area contributed by atoms with Crippen LogP contribution in [0.1, 0.15) is 18.1 Å². The van der Waals surface area contributed by atoms with Crippen molar-refractivity contribution < 1.29 is 9.53 Å². The lowest BCUT2D eigenvalue weighted by molar-refractivity contribution is -0.122. The first-order valence-corrected chi connectivity index (χ1v) is 7.14. The van der Waals surface area contributed by atoms with E-state index in [9.17, 15) is 4.79 Å². The summed E-state index contributed by atoms with van der Waals surface area (Å²) in [6.45, 7) is 5.71. The summed E-state index contributed by atoms with van der Waals surface area (Å²) in [5.41, 5.74) is 3.01. The van der Waals surface area contributed by atoms with Gasteiger partial charge in [-0.3, -0.25) is 4.79 Å². The molecule has 1 unspecified atom stereocenters. The maximum Gasteiger partial charge on any atom is 0.265 e. The molecule has 0 bridgehead atoms. The van der Waals surface area contributed by atoms with Crippen molar-refractivity contribution in [3.05, 3.63) is 58.6 Å². The van der Waals surface area contributed by atoms with E-state index in [-0.39, 0.29) is 5.91 Å². The molecule has 4 heteroatoms. The molecule has 0 saturated heterocycles. The zero-order valence-corrected chi connectivity index (χ0v) is 13.1. The Hall–Kier alpha value is -2.00. The Balaban J connectivity index is 2.02. The van der Waals surface area contributed by atoms with Crippen molar-refractivity contribution in [2.75, 3.05) is 5.32 Å². The number of carbonyl (C=O) groups excluding carboxylic acids is 1. The average molecular weight is 304 g/mol. The summed E-state index contributed by atoms with van der Waals surface area (Å²) in [6.07, 6.45) is -0.592. The Morgan fingerprint density at radius 3 is 2.48 bits per heavy atom. The van der Waals surface area contributed by atoms with E-state index >= 15 is 0 Å². The number of ether oxygens (including phenoxy) is 1. The molecule has 1 atom stereocenters. The summed E-state index contributed by atoms with van der Waals surface area (Å²) in [7, 11) is 0. The SMILES string of the molecule is Cc1cccc(NC(=O)C(C)Oc2ccc(Cl)cc2)c1C. The van der Waals surface area contributed by atoms with Gasteiger partial charge in [0.25, 0.3) is 5.91 Å². The van der Waals surface area contributed by atoms with Crippen LogP contribution in [0.2, 0.25) is 5.02 Å². The Bertz CT molecular complexity index is 638. The number of nitrogens with one attached hydrogen (secondary N) is 1. The lowest BCUT2D eigenvalue weighted by Gasteiger charge is -2.16. The normalized spacial score (nSPS) is 11.8. The van der Waals surface area contributed by atoms with Gasteiger partial charge in [-0.05, 0) is 62.2 Å². The topological polar surface area (TPSA) is 38.3 Å². The monoisotopic (exact) mass is 303 g/mol. The highest BCUT2D eigenvalue weighted by Crippen LogP contribution is 2.20. The van der Waals surface area contributed by atoms with Crippen LogP contribution in [0.15, 0.2) is 42.5 Å². The Kier molecular flexibility index (Phi) is 4.86. The fraction of sp³-hybridized carbons (Fsp3) is 0.235. The van der Waals surface area contributed by atoms with E-state index in [1.807, 2.05) is 32.0 Å². The Morgan fingerprint density at radius 2 is 1.81 bits per heavy atom. The van der Waals surface area contributed by atoms with Gasteiger partial charge in [0.1, 0.15) is 5.75 Å². The smallest absolute Gasteiger partial charge is 0.265 e. The molecule has 0 heterocycles. The van der Waals surface area contributed by atoms with Crippen LogP contribution in [0.4, 0.5) is 5.69 Å². The fourth-order valence-corrected chi connectivity index (χ4v) is 2.02. The second-order valence-electron chi connectivity index (χ2n) is 4.95. The molecule has 3 nitrogen and oxygen atoms in total. The van der Waals surface area contributed by atoms with Gasteiger partial charge in [0.15, 0.2) is 6.10 Å². The number of amides is 1. The number of hydrogen-bond donors (Lipinski definition) is 1. The first kappa shape index (κ1) is 15.4. The molecule has 0 aliphatic carbocycles. The average Bonchev–Trinajstić information content (AvgIpc) is 2.46. The molecule has 2 aromatic carbocycles. The van der Waals surface area contributed by atoms with Gasteiger partial charge in [0.2, 0.25) is 0 Å². The third-order valence-electron chi connectivity index (χ3n) is 3.36. The van der Waals surface area contributed by atoms with Gasteiger partial charge in [-0.1, -0.05) is 23.7 Å². The minimum absolute atomic E-state index is 0.182. The predicted molar refractivity (Wildman–Crippen MR) is 86.1 cm³/mol. The molecule has 0 aliphatic rings. The number of carbonyl (C=O) groups is 1. The maximum atomic E-state index is 12.2. The van der Waals surface area contributed by atoms with Gasteiger partial charge in [0.05, 0.1) is 0 Å². The highest BCUT2D eigenvalue weighted by atomic mass is 35.5. The first-order chi connectivity index (χ1) is 9.97. The van der Waals surface area contributed by atoms with Crippen molar-refractivity contribution in [2.45, 2.75) is 26.9 Å². The zero-order chi connectivity index (χ0) is 15.4. The molecule has 2 rings (SSSR count). The van der Waals surface area contributed by atoms with Crippen molar-refractivity contribution in [3.8, 4) is 5.75 Å². The highest BCUT2D eigenvalue weighted by Gasteiger charge is 2.15. The maximum absolute atomic E-state index is 12.2. The van der Waals surface area contributed by atoms with Crippen molar-refractivity contribution in [1.82, 2.24) is 0 Å². The number of rotatable bonds is 4. The third-order valence-corrected chi connectivity index (χ3v) is 3.61. The molecule has 0 aliphatic heterocycles. The van der Waals surface area contributed by atoms with Crippen molar-refractivity contribution in [2.24, 2.45) is 0 Å². The van der Waals surface area contributed by atoms with Gasteiger partial charge in [0, 0.05) is 10.7 Å². The summed E-state index contributed by atoms with van der Waals surface area (Å²) >= 11 is 5.82. The van der Waals surface area contributed by atoms with Crippen molar-refractivity contribution in [3.63, 3.8) is 0 Å². The van der Waals surface area contributed by atoms with Crippen LogP contribution in [0.5, 0.6) is 5.75 Å². The van der Waals surface area contributed by atoms with Crippen LogP contribution in [-0.2, 0) is 4.79 Å². The van der Waals surface area contributed by atoms with Gasteiger partial charge in [-0.25, -0.2) is 0 Å². The molecule has 0 saturated carbocycles. The molecular weight excluding hydrogens is 286 g/mol. The van der Waals surface area contributed by atoms with Gasteiger partial charge < -0.3 is 10.1 Å². The summed E-state index contributed by atoms with van der Waals surface area (Å²) in [5.74, 6) is 0.432. The van der Waals surface area contributed by atoms with Gasteiger partial charge in [-0.15, -0.1) is 0 Å². The summed E-state index contributed by atoms with van der Waals surface area (Å²) in [5, 5.41) is 3.53. The molecule has 110 valence electrons. The molecule has 0 spiro atoms. The van der Waals surface area contributed by atoms with Crippen molar-refractivity contribution >= 4 is 23.2 Å². The number of anilines is 1. The number of halogens is 1. The third kappa shape index (κ3) is 3.99. The lowest BCUT2D eigenvalue weighted by Crippen LogP contribution is -2.30. The van der Waals surface area contributed by atoms with Crippen molar-refractivity contribution in [1.29, 1.82) is 0 Å². The largest absolute Gasteiger partial charge is 0.481 e. The van der Waals surface area contributed by atoms with Gasteiger partial charge >= 0.3 is 0 Å². The van der Waals surface area contributed by atoms with E-state index < -0.39 is 6.10 Å². The van der Waals surface area contributed by atoms with Crippen LogP contribution in [0.25, 0.3) is 0 Å². The minimum atomic E-state index is -0.592. The highest BCUT2D eigenvalue weighted by molar-refractivity contribution is 6.30. The Labute approximate surface area is 129 Å². The second-order valence-corrected chi connectivity index (χ2v) is 5.39. The molecule has 2 aromatic rings. The molecule has 0 aromatic heterocycles. The summed E-state index contributed by atoms with van der Waals surface area (Å²) in [6, 6.07) is 12.8. The van der Waals surface area contributed by atoms with E-state index in [1.165, 1.54) is 0 Å². The predicted octanol–water partition coefficient (Wildman–Crippen LogP) is 4.36. The Morgan fingerprint density at radius 1 is 1.14 bits per heavy atom. The molecule has 0 fully saturated rings. The summed E-state index contributed by atoms with van der Waals surface area (Å²) in [4.78, 5) is 12.2. The standard InChI is InChI=1S/C17H18ClNO2/c1-11-5-4-6-16(12(11)2)19-17(20)13(3)21-15-9-7-14(18)8-10-15/h4-10,13H,1-3H3,(H,19,20). The lowest BCUT2D eigenvalue weighted by atomic mass is 10.1. The molecule has 0 radical (unpaired) electrons. The van der Waals surface area contributed by atoms with Crippen LogP contribution in [-0.4, -0.2) is 12.0 Å². The molecule has 1 N–H and O–H groups in total. The van der Waals surface area contributed by atoms with Gasteiger partial charge in [-0.2, -0.15) is 0 Å². The number of hydrogen-bond acceptors (Lipinski definition) is 2. The summed E-state index contributed by atoms with van der Waals surface area (Å²) < 4.78 is 5.60. The minimum Gasteiger partial charge on any atom is -0.481 e. The molecule has 1 amide bonds. The fourth-order valence-electron chi connectivity index (χ4n) is 1.89. The van der Waals surface area contributed by atoms with E-state index in [2.05, 4.69) is 5.32 Å². The number of benzene rings is 2. The van der Waals surface area contributed by atoms with Crippen LogP contribution in [0, 0.1) is 13.8 Å². The van der Waals surface area contributed by atoms with E-state index in [4.69, 9.17) is 16.3 Å². The van der Waals surface area contributed by atoms with Crippen LogP contribution < -0.4 is 10.1 Å². The van der Waals surface area contributed by atoms with E-state index in [0.29, 0.717) is 10.8 Å².